The van der Waals surface area contributed by atoms with Crippen LogP contribution in [0.4, 0.5) is 0 Å². The molecule has 0 unspecified atom stereocenters. The van der Waals surface area contributed by atoms with Crippen LogP contribution in [0, 0.1) is 0 Å². The standard InChI is InChI=1S/C10H5Cl5S2/c11-7-3-1-5(16-7)9(10(13,14)15)6-2-4-8(12)17-6/h1-4,9H. The van der Waals surface area contributed by atoms with Crippen LogP contribution in [0.2, 0.25) is 8.67 Å². The fraction of sp³-hybridized carbons (Fsp3) is 0.200. The van der Waals surface area contributed by atoms with E-state index in [-0.39, 0.29) is 5.92 Å². The predicted molar refractivity (Wildman–Crippen MR) is 80.8 cm³/mol. The minimum absolute atomic E-state index is 0.345. The molecule has 2 heterocycles. The third-order valence-corrected chi connectivity index (χ3v) is 5.33. The molecule has 0 saturated heterocycles. The van der Waals surface area contributed by atoms with Gasteiger partial charge in [0.15, 0.2) is 0 Å². The van der Waals surface area contributed by atoms with Crippen LogP contribution >= 0.6 is 80.7 Å². The molecule has 0 aliphatic heterocycles. The van der Waals surface area contributed by atoms with Gasteiger partial charge in [-0.1, -0.05) is 58.0 Å². The molecule has 0 bridgehead atoms. The van der Waals surface area contributed by atoms with Crippen LogP contribution in [0.5, 0.6) is 0 Å². The SMILES string of the molecule is Clc1ccc(C(c2ccc(Cl)s2)C(Cl)(Cl)Cl)s1. The van der Waals surface area contributed by atoms with E-state index in [0.717, 1.165) is 9.75 Å². The van der Waals surface area contributed by atoms with Crippen molar-refractivity contribution in [1.29, 1.82) is 0 Å². The summed E-state index contributed by atoms with van der Waals surface area (Å²) in [7, 11) is 0. The van der Waals surface area contributed by atoms with E-state index in [2.05, 4.69) is 0 Å². The largest absolute Gasteiger partial charge is 0.202 e. The van der Waals surface area contributed by atoms with E-state index in [4.69, 9.17) is 58.0 Å². The molecule has 0 saturated carbocycles. The molecule has 0 nitrogen and oxygen atoms in total. The van der Waals surface area contributed by atoms with Gasteiger partial charge in [0, 0.05) is 9.75 Å². The summed E-state index contributed by atoms with van der Waals surface area (Å²) < 4.78 is -0.0914. The third kappa shape index (κ3) is 3.44. The van der Waals surface area contributed by atoms with Crippen LogP contribution in [0.3, 0.4) is 0 Å². The van der Waals surface area contributed by atoms with E-state index in [1.54, 1.807) is 12.1 Å². The Bertz CT molecular complexity index is 470. The minimum Gasteiger partial charge on any atom is -0.128 e. The molecule has 0 aliphatic rings. The highest BCUT2D eigenvalue weighted by Crippen LogP contribution is 2.50. The molecular weight excluding hydrogens is 362 g/mol. The van der Waals surface area contributed by atoms with E-state index in [9.17, 15) is 0 Å². The van der Waals surface area contributed by atoms with Crippen molar-refractivity contribution in [1.82, 2.24) is 0 Å². The maximum atomic E-state index is 6.04. The Kier molecular flexibility index (Phi) is 4.58. The predicted octanol–water partition coefficient (Wildman–Crippen LogP) is 6.62. The first-order chi connectivity index (χ1) is 7.88. The number of thiophene rings is 2. The maximum Gasteiger partial charge on any atom is 0.202 e. The van der Waals surface area contributed by atoms with Crippen LogP contribution in [-0.2, 0) is 0 Å². The Hall–Kier alpha value is 0.850. The first-order valence-electron chi connectivity index (χ1n) is 4.45. The molecule has 92 valence electrons. The third-order valence-electron chi connectivity index (χ3n) is 2.08. The Morgan fingerprint density at radius 1 is 0.824 bits per heavy atom. The van der Waals surface area contributed by atoms with Crippen molar-refractivity contribution < 1.29 is 0 Å². The molecule has 2 aromatic heterocycles. The second kappa shape index (κ2) is 5.46. The number of hydrogen-bond donors (Lipinski definition) is 0. The van der Waals surface area contributed by atoms with Crippen LogP contribution in [0.15, 0.2) is 24.3 Å². The summed E-state index contributed by atoms with van der Waals surface area (Å²) in [5.74, 6) is -0.345. The van der Waals surface area contributed by atoms with Gasteiger partial charge in [-0.3, -0.25) is 0 Å². The number of halogens is 5. The summed E-state index contributed by atoms with van der Waals surface area (Å²) in [5.41, 5.74) is 0. The summed E-state index contributed by atoms with van der Waals surface area (Å²) in [5, 5.41) is 0. The van der Waals surface area contributed by atoms with Gasteiger partial charge in [-0.05, 0) is 24.3 Å². The van der Waals surface area contributed by atoms with Crippen molar-refractivity contribution in [2.24, 2.45) is 0 Å². The van der Waals surface area contributed by atoms with Gasteiger partial charge in [-0.15, -0.1) is 22.7 Å². The number of hydrogen-bond acceptors (Lipinski definition) is 2. The fourth-order valence-electron chi connectivity index (χ4n) is 1.43. The van der Waals surface area contributed by atoms with E-state index in [1.165, 1.54) is 22.7 Å². The quantitative estimate of drug-likeness (QED) is 0.524. The zero-order chi connectivity index (χ0) is 12.6. The normalized spacial score (nSPS) is 12.4. The Morgan fingerprint density at radius 3 is 1.47 bits per heavy atom. The lowest BCUT2D eigenvalue weighted by atomic mass is 10.1. The zero-order valence-corrected chi connectivity index (χ0v) is 13.5. The molecule has 2 aromatic rings. The lowest BCUT2D eigenvalue weighted by Crippen LogP contribution is -2.16. The highest BCUT2D eigenvalue weighted by molar-refractivity contribution is 7.18. The van der Waals surface area contributed by atoms with Gasteiger partial charge in [-0.2, -0.15) is 0 Å². The van der Waals surface area contributed by atoms with E-state index in [1.807, 2.05) is 12.1 Å². The van der Waals surface area contributed by atoms with Crippen LogP contribution in [-0.4, -0.2) is 3.79 Å². The van der Waals surface area contributed by atoms with Crippen molar-refractivity contribution >= 4 is 80.7 Å². The van der Waals surface area contributed by atoms with Gasteiger partial charge in [0.2, 0.25) is 3.79 Å². The summed E-state index contributed by atoms with van der Waals surface area (Å²) in [4.78, 5) is 1.82. The number of rotatable bonds is 2. The lowest BCUT2D eigenvalue weighted by molar-refractivity contribution is 0.879. The Balaban J connectivity index is 2.46. The van der Waals surface area contributed by atoms with Crippen molar-refractivity contribution in [2.75, 3.05) is 0 Å². The van der Waals surface area contributed by atoms with Gasteiger partial charge >= 0.3 is 0 Å². The summed E-state index contributed by atoms with van der Waals surface area (Å²) in [6, 6.07) is 7.32. The van der Waals surface area contributed by atoms with Gasteiger partial charge in [-0.25, -0.2) is 0 Å². The molecular formula is C10H5Cl5S2. The van der Waals surface area contributed by atoms with E-state index < -0.39 is 3.79 Å². The molecule has 7 heteroatoms. The maximum absolute atomic E-state index is 6.04. The van der Waals surface area contributed by atoms with E-state index >= 15 is 0 Å². The molecule has 0 aromatic carbocycles. The second-order valence-electron chi connectivity index (χ2n) is 3.26. The monoisotopic (exact) mass is 364 g/mol. The average molecular weight is 367 g/mol. The molecule has 0 atom stereocenters. The van der Waals surface area contributed by atoms with E-state index in [0.29, 0.717) is 8.67 Å². The molecule has 0 N–H and O–H groups in total. The van der Waals surface area contributed by atoms with Gasteiger partial charge < -0.3 is 0 Å². The fourth-order valence-corrected chi connectivity index (χ4v) is 5.10. The summed E-state index contributed by atoms with van der Waals surface area (Å²) >= 11 is 32.8. The summed E-state index contributed by atoms with van der Waals surface area (Å²) in [6.45, 7) is 0. The molecule has 0 fully saturated rings. The Morgan fingerprint density at radius 2 is 1.24 bits per heavy atom. The van der Waals surface area contributed by atoms with Gasteiger partial charge in [0.05, 0.1) is 14.6 Å². The van der Waals surface area contributed by atoms with Crippen molar-refractivity contribution in [3.63, 3.8) is 0 Å². The zero-order valence-electron chi connectivity index (χ0n) is 8.09. The smallest absolute Gasteiger partial charge is 0.128 e. The molecule has 17 heavy (non-hydrogen) atoms. The van der Waals surface area contributed by atoms with Gasteiger partial charge in [0.25, 0.3) is 0 Å². The van der Waals surface area contributed by atoms with Crippen LogP contribution in [0.25, 0.3) is 0 Å². The van der Waals surface area contributed by atoms with Crippen molar-refractivity contribution in [3.8, 4) is 0 Å². The highest BCUT2D eigenvalue weighted by Gasteiger charge is 2.37. The second-order valence-corrected chi connectivity index (χ2v) is 9.12. The van der Waals surface area contributed by atoms with Crippen molar-refractivity contribution in [2.45, 2.75) is 9.71 Å². The molecule has 0 aliphatic carbocycles. The Labute approximate surface area is 132 Å². The van der Waals surface area contributed by atoms with Crippen LogP contribution in [0.1, 0.15) is 15.7 Å². The van der Waals surface area contributed by atoms with Crippen LogP contribution < -0.4 is 0 Å². The molecule has 2 rings (SSSR count). The van der Waals surface area contributed by atoms with Gasteiger partial charge in [0.1, 0.15) is 0 Å². The minimum atomic E-state index is -1.43. The number of alkyl halides is 3. The molecule has 0 spiro atoms. The summed E-state index contributed by atoms with van der Waals surface area (Å²) in [6.07, 6.45) is 0. The molecule has 0 radical (unpaired) electrons. The first kappa shape index (κ1) is 14.3. The topological polar surface area (TPSA) is 0 Å². The first-order valence-corrected chi connectivity index (χ1v) is 7.97. The molecule has 0 amide bonds. The average Bonchev–Trinajstić information content (AvgIpc) is 2.75. The van der Waals surface area contributed by atoms with Crippen molar-refractivity contribution in [3.05, 3.63) is 42.7 Å². The highest BCUT2D eigenvalue weighted by atomic mass is 35.6. The lowest BCUT2D eigenvalue weighted by Gasteiger charge is -2.22.